The van der Waals surface area contributed by atoms with Crippen molar-refractivity contribution in [3.63, 3.8) is 0 Å². The number of allylic oxidation sites excluding steroid dienone is 2. The Balaban J connectivity index is 1.48. The molecule has 6 aliphatic rings. The fourth-order valence-electron chi connectivity index (χ4n) is 6.90. The Hall–Kier alpha value is -2.48. The van der Waals surface area contributed by atoms with Crippen molar-refractivity contribution in [1.29, 1.82) is 0 Å². The lowest BCUT2D eigenvalue weighted by Gasteiger charge is -2.58. The topological polar surface area (TPSA) is 79.3 Å². The van der Waals surface area contributed by atoms with Gasteiger partial charge in [0, 0.05) is 56.6 Å². The number of aromatic hydroxyl groups is 1. The van der Waals surface area contributed by atoms with E-state index in [-0.39, 0.29) is 34.7 Å². The highest BCUT2D eigenvalue weighted by atomic mass is 16.6. The van der Waals surface area contributed by atoms with E-state index in [2.05, 4.69) is 16.8 Å². The van der Waals surface area contributed by atoms with Crippen LogP contribution in [0, 0.1) is 17.8 Å². The highest BCUT2D eigenvalue weighted by molar-refractivity contribution is 6.18. The van der Waals surface area contributed by atoms with Crippen LogP contribution in [-0.4, -0.2) is 84.1 Å². The molecule has 7 heteroatoms. The van der Waals surface area contributed by atoms with Crippen LogP contribution in [0.15, 0.2) is 41.5 Å². The van der Waals surface area contributed by atoms with E-state index in [1.54, 1.807) is 12.1 Å². The van der Waals surface area contributed by atoms with Crippen molar-refractivity contribution in [3.05, 3.63) is 47.1 Å². The first-order valence-electron chi connectivity index (χ1n) is 12.3. The summed E-state index contributed by atoms with van der Waals surface area (Å²) in [6.07, 6.45) is 4.25. The largest absolute Gasteiger partial charge is 0.507 e. The van der Waals surface area contributed by atoms with Gasteiger partial charge in [0.25, 0.3) is 0 Å². The minimum Gasteiger partial charge on any atom is -0.507 e. The van der Waals surface area contributed by atoms with Gasteiger partial charge >= 0.3 is 0 Å². The van der Waals surface area contributed by atoms with E-state index in [1.807, 2.05) is 26.0 Å². The summed E-state index contributed by atoms with van der Waals surface area (Å²) in [6, 6.07) is 4.90. The molecule has 3 aliphatic heterocycles. The molecule has 1 aromatic rings. The number of Topliss-reactive ketones (excluding diaryl/α,β-unsaturated/α-hetero) is 2. The number of fused-ring (bicyclic) bond motifs is 1. The first-order chi connectivity index (χ1) is 16.3. The SMILES string of the molecule is CC(C)=CCC12OC[C@@H]3[C@@H](CN4CCN(C)CC4)[C@@H](C=C4C(=O)c5c(O)cccc5O[C@]431)C2=O. The number of carbonyl (C=O) groups is 2. The molecule has 2 saturated heterocycles. The zero-order valence-corrected chi connectivity index (χ0v) is 20.0. The molecule has 3 aliphatic carbocycles. The van der Waals surface area contributed by atoms with Crippen LogP contribution < -0.4 is 4.74 Å². The lowest BCUT2D eigenvalue weighted by Crippen LogP contribution is -2.74. The number of carbonyl (C=O) groups excluding carboxylic acids is 2. The second-order valence-electron chi connectivity index (χ2n) is 10.8. The van der Waals surface area contributed by atoms with Gasteiger partial charge in [-0.05, 0) is 38.9 Å². The maximum absolute atomic E-state index is 14.2. The Morgan fingerprint density at radius 1 is 1.21 bits per heavy atom. The Bertz CT molecular complexity index is 1130. The molecule has 1 aromatic carbocycles. The summed E-state index contributed by atoms with van der Waals surface area (Å²) in [5.41, 5.74) is -0.620. The third-order valence-electron chi connectivity index (χ3n) is 8.67. The number of ketones is 2. The number of ether oxygens (including phenoxy) is 2. The molecule has 1 spiro atoms. The van der Waals surface area contributed by atoms with Crippen LogP contribution in [0.4, 0.5) is 0 Å². The van der Waals surface area contributed by atoms with Gasteiger partial charge in [0.15, 0.2) is 22.8 Å². The fourth-order valence-corrected chi connectivity index (χ4v) is 6.90. The maximum atomic E-state index is 14.2. The van der Waals surface area contributed by atoms with Crippen molar-refractivity contribution in [2.24, 2.45) is 17.8 Å². The highest BCUT2D eigenvalue weighted by Crippen LogP contribution is 2.65. The number of rotatable bonds is 4. The maximum Gasteiger partial charge on any atom is 0.200 e. The molecule has 7 nitrogen and oxygen atoms in total. The van der Waals surface area contributed by atoms with Crippen LogP contribution in [0.25, 0.3) is 0 Å². The number of hydrogen-bond donors (Lipinski definition) is 1. The molecule has 5 atom stereocenters. The van der Waals surface area contributed by atoms with Gasteiger partial charge in [-0.1, -0.05) is 23.8 Å². The van der Waals surface area contributed by atoms with Crippen molar-refractivity contribution >= 4 is 11.6 Å². The van der Waals surface area contributed by atoms with Gasteiger partial charge in [0.1, 0.15) is 17.1 Å². The highest BCUT2D eigenvalue weighted by Gasteiger charge is 2.79. The smallest absolute Gasteiger partial charge is 0.200 e. The second-order valence-corrected chi connectivity index (χ2v) is 10.8. The number of phenols is 1. The summed E-state index contributed by atoms with van der Waals surface area (Å²) >= 11 is 0. The summed E-state index contributed by atoms with van der Waals surface area (Å²) in [5, 5.41) is 10.5. The fraction of sp³-hybridized carbons (Fsp3) is 0.556. The molecule has 7 rings (SSSR count). The van der Waals surface area contributed by atoms with Crippen molar-refractivity contribution in [2.45, 2.75) is 31.5 Å². The molecular formula is C27H32N2O5. The molecule has 0 aromatic heterocycles. The predicted octanol–water partition coefficient (Wildman–Crippen LogP) is 2.45. The van der Waals surface area contributed by atoms with E-state index in [1.165, 1.54) is 6.07 Å². The predicted molar refractivity (Wildman–Crippen MR) is 126 cm³/mol. The molecule has 3 fully saturated rings. The summed E-state index contributed by atoms with van der Waals surface area (Å²) in [6.45, 7) is 9.10. The molecule has 0 radical (unpaired) electrons. The molecule has 3 heterocycles. The first-order valence-corrected chi connectivity index (χ1v) is 12.3. The van der Waals surface area contributed by atoms with Crippen LogP contribution in [0.5, 0.6) is 11.5 Å². The number of nitrogens with zero attached hydrogens (tertiary/aromatic N) is 2. The second kappa shape index (κ2) is 7.51. The third-order valence-corrected chi connectivity index (χ3v) is 8.67. The number of phenolic OH excluding ortho intramolecular Hbond substituents is 1. The first kappa shape index (κ1) is 22.0. The van der Waals surface area contributed by atoms with Crippen molar-refractivity contribution < 1.29 is 24.2 Å². The van der Waals surface area contributed by atoms with E-state index in [0.29, 0.717) is 24.4 Å². The monoisotopic (exact) mass is 464 g/mol. The van der Waals surface area contributed by atoms with Crippen LogP contribution in [-0.2, 0) is 9.53 Å². The number of hydrogen-bond acceptors (Lipinski definition) is 7. The van der Waals surface area contributed by atoms with Crippen LogP contribution >= 0.6 is 0 Å². The molecule has 1 unspecified atom stereocenters. The number of benzene rings is 1. The zero-order valence-electron chi connectivity index (χ0n) is 20.0. The normalized spacial score (nSPS) is 36.6. The van der Waals surface area contributed by atoms with E-state index in [0.717, 1.165) is 38.3 Å². The summed E-state index contributed by atoms with van der Waals surface area (Å²) in [5.74, 6) is -0.453. The van der Waals surface area contributed by atoms with Gasteiger partial charge in [0.2, 0.25) is 0 Å². The van der Waals surface area contributed by atoms with Crippen LogP contribution in [0.3, 0.4) is 0 Å². The van der Waals surface area contributed by atoms with Gasteiger partial charge < -0.3 is 24.4 Å². The van der Waals surface area contributed by atoms with Crippen molar-refractivity contribution in [3.8, 4) is 11.5 Å². The lowest BCUT2D eigenvalue weighted by molar-refractivity contribution is -0.171. The third kappa shape index (κ3) is 2.75. The van der Waals surface area contributed by atoms with Gasteiger partial charge in [0.05, 0.1) is 6.61 Å². The molecule has 34 heavy (non-hydrogen) atoms. The Morgan fingerprint density at radius 3 is 2.71 bits per heavy atom. The Labute approximate surface area is 200 Å². The quantitative estimate of drug-likeness (QED) is 0.686. The van der Waals surface area contributed by atoms with Gasteiger partial charge in [-0.25, -0.2) is 0 Å². The molecule has 0 amide bonds. The minimum atomic E-state index is -1.22. The molecule has 4 bridgehead atoms. The summed E-state index contributed by atoms with van der Waals surface area (Å²) in [7, 11) is 2.13. The van der Waals surface area contributed by atoms with E-state index < -0.39 is 17.1 Å². The summed E-state index contributed by atoms with van der Waals surface area (Å²) in [4.78, 5) is 32.7. The van der Waals surface area contributed by atoms with Crippen LogP contribution in [0.1, 0.15) is 30.6 Å². The minimum absolute atomic E-state index is 0.0219. The zero-order chi connectivity index (χ0) is 23.8. The molecular weight excluding hydrogens is 432 g/mol. The summed E-state index contributed by atoms with van der Waals surface area (Å²) < 4.78 is 13.2. The van der Waals surface area contributed by atoms with Crippen molar-refractivity contribution in [1.82, 2.24) is 9.80 Å². The standard InChI is InChI=1S/C27H32N2O5/c1-16(2)7-8-26-25(32)17-13-19-24(31)23-21(30)5-4-6-22(23)34-27(19,26)20(15-33-26)18(17)14-29-11-9-28(3)10-12-29/h4-7,13,17-18,20,30H,8-12,14-15H2,1-3H3/t17-,18+,20-,26?,27-/m1/s1. The molecule has 1 N–H and O–H groups in total. The van der Waals surface area contributed by atoms with E-state index in [4.69, 9.17) is 9.47 Å². The van der Waals surface area contributed by atoms with E-state index >= 15 is 0 Å². The van der Waals surface area contributed by atoms with Gasteiger partial charge in [-0.2, -0.15) is 0 Å². The average Bonchev–Trinajstić information content (AvgIpc) is 3.09. The number of piperazine rings is 1. The molecule has 1 saturated carbocycles. The number of likely N-dealkylation sites (N-methyl/N-ethyl adjacent to an activating group) is 1. The van der Waals surface area contributed by atoms with Crippen LogP contribution in [0.2, 0.25) is 0 Å². The van der Waals surface area contributed by atoms with E-state index in [9.17, 15) is 14.7 Å². The Morgan fingerprint density at radius 2 is 1.97 bits per heavy atom. The van der Waals surface area contributed by atoms with Gasteiger partial charge in [-0.15, -0.1) is 0 Å². The van der Waals surface area contributed by atoms with Gasteiger partial charge in [-0.3, -0.25) is 9.59 Å². The average molecular weight is 465 g/mol. The lowest BCUT2D eigenvalue weighted by atomic mass is 9.49. The van der Waals surface area contributed by atoms with Crippen molar-refractivity contribution in [2.75, 3.05) is 46.4 Å². The molecule has 180 valence electrons. The Kier molecular flexibility index (Phi) is 4.86.